The van der Waals surface area contributed by atoms with Crippen molar-refractivity contribution in [3.63, 3.8) is 0 Å². The smallest absolute Gasteiger partial charge is 0.167 e. The van der Waals surface area contributed by atoms with Crippen molar-refractivity contribution in [2.75, 3.05) is 30.5 Å². The van der Waals surface area contributed by atoms with Crippen LogP contribution in [0.5, 0.6) is 5.75 Å². The molecule has 0 radical (unpaired) electrons. The molecular formula is C13H19FN2OS. The highest BCUT2D eigenvalue weighted by Gasteiger charge is 2.41. The summed E-state index contributed by atoms with van der Waals surface area (Å²) in [6, 6.07) is 2.95. The summed E-state index contributed by atoms with van der Waals surface area (Å²) in [6.45, 7) is 3.13. The van der Waals surface area contributed by atoms with Crippen LogP contribution in [0.2, 0.25) is 0 Å². The second kappa shape index (κ2) is 5.26. The van der Waals surface area contributed by atoms with Crippen molar-refractivity contribution in [1.29, 1.82) is 0 Å². The summed E-state index contributed by atoms with van der Waals surface area (Å²) < 4.78 is 19.1. The number of nitrogens with one attached hydrogen (secondary N) is 1. The van der Waals surface area contributed by atoms with Gasteiger partial charge in [-0.15, -0.1) is 0 Å². The molecule has 0 heterocycles. The molecule has 0 aliphatic heterocycles. The molecule has 1 saturated carbocycles. The number of nitrogens with two attached hydrogens (primary N) is 1. The first-order valence-corrected chi connectivity index (χ1v) is 7.33. The zero-order chi connectivity index (χ0) is 13.2. The molecule has 3 N–H and O–H groups in total. The maximum absolute atomic E-state index is 13.5. The highest BCUT2D eigenvalue weighted by Crippen LogP contribution is 2.47. The van der Waals surface area contributed by atoms with Crippen molar-refractivity contribution in [1.82, 2.24) is 0 Å². The van der Waals surface area contributed by atoms with Gasteiger partial charge in [-0.2, -0.15) is 11.8 Å². The van der Waals surface area contributed by atoms with Gasteiger partial charge in [-0.1, -0.05) is 0 Å². The number of nitrogen functional groups attached to an aromatic ring is 1. The molecule has 18 heavy (non-hydrogen) atoms. The molecule has 1 aliphatic rings. The SMILES string of the molecule is CCOc1cc(NCC2(SC)CC2)c(N)cc1F. The number of rotatable bonds is 6. The van der Waals surface area contributed by atoms with Gasteiger partial charge in [0.1, 0.15) is 0 Å². The standard InChI is InChI=1S/C13H19FN2OS/c1-3-17-12-7-11(10(15)6-9(12)14)16-8-13(18-2)4-5-13/h6-7,16H,3-5,8,15H2,1-2H3. The van der Waals surface area contributed by atoms with E-state index in [9.17, 15) is 4.39 Å². The molecule has 5 heteroatoms. The molecule has 0 amide bonds. The summed E-state index contributed by atoms with van der Waals surface area (Å²) in [5.41, 5.74) is 6.99. The van der Waals surface area contributed by atoms with Crippen LogP contribution in [0.3, 0.4) is 0 Å². The van der Waals surface area contributed by atoms with E-state index in [4.69, 9.17) is 10.5 Å². The number of thioether (sulfide) groups is 1. The number of hydrogen-bond donors (Lipinski definition) is 2. The van der Waals surface area contributed by atoms with Crippen LogP contribution >= 0.6 is 11.8 Å². The van der Waals surface area contributed by atoms with Crippen LogP contribution in [0.4, 0.5) is 15.8 Å². The molecule has 0 spiro atoms. The number of halogens is 1. The first kappa shape index (κ1) is 13.3. The minimum atomic E-state index is -0.411. The van der Waals surface area contributed by atoms with Gasteiger partial charge in [0, 0.05) is 23.4 Å². The largest absolute Gasteiger partial charge is 0.491 e. The number of benzene rings is 1. The minimum Gasteiger partial charge on any atom is -0.491 e. The summed E-state index contributed by atoms with van der Waals surface area (Å²) in [5.74, 6) is -0.158. The Morgan fingerprint density at radius 3 is 2.78 bits per heavy atom. The van der Waals surface area contributed by atoms with Gasteiger partial charge >= 0.3 is 0 Å². The van der Waals surface area contributed by atoms with E-state index >= 15 is 0 Å². The molecule has 1 aromatic rings. The normalized spacial score (nSPS) is 16.4. The summed E-state index contributed by atoms with van der Waals surface area (Å²) >= 11 is 1.87. The molecule has 1 aliphatic carbocycles. The Hall–Kier alpha value is -1.10. The Morgan fingerprint density at radius 1 is 1.50 bits per heavy atom. The van der Waals surface area contributed by atoms with Gasteiger partial charge in [-0.25, -0.2) is 4.39 Å². The van der Waals surface area contributed by atoms with E-state index < -0.39 is 5.82 Å². The van der Waals surface area contributed by atoms with Crippen LogP contribution in [-0.4, -0.2) is 24.2 Å². The van der Waals surface area contributed by atoms with Crippen LogP contribution in [0.1, 0.15) is 19.8 Å². The van der Waals surface area contributed by atoms with E-state index in [1.807, 2.05) is 18.7 Å². The molecule has 0 atom stereocenters. The Balaban J connectivity index is 2.09. The maximum Gasteiger partial charge on any atom is 0.167 e. The van der Waals surface area contributed by atoms with Gasteiger partial charge < -0.3 is 15.8 Å². The predicted molar refractivity (Wildman–Crippen MR) is 76.0 cm³/mol. The van der Waals surface area contributed by atoms with E-state index in [2.05, 4.69) is 11.6 Å². The lowest BCUT2D eigenvalue weighted by molar-refractivity contribution is 0.322. The average molecular weight is 270 g/mol. The zero-order valence-corrected chi connectivity index (χ0v) is 11.6. The van der Waals surface area contributed by atoms with Gasteiger partial charge in [-0.05, 0) is 26.0 Å². The van der Waals surface area contributed by atoms with Crippen LogP contribution in [0, 0.1) is 5.82 Å². The van der Waals surface area contributed by atoms with Crippen molar-refractivity contribution in [3.8, 4) is 5.75 Å². The lowest BCUT2D eigenvalue weighted by Gasteiger charge is -2.16. The molecule has 2 rings (SSSR count). The predicted octanol–water partition coefficient (Wildman–Crippen LogP) is 3.11. The molecule has 0 unspecified atom stereocenters. The summed E-state index contributed by atoms with van der Waals surface area (Å²) in [4.78, 5) is 0. The van der Waals surface area contributed by atoms with Crippen LogP contribution in [0.25, 0.3) is 0 Å². The molecule has 100 valence electrons. The summed E-state index contributed by atoms with van der Waals surface area (Å²) in [7, 11) is 0. The second-order valence-corrected chi connectivity index (χ2v) is 5.82. The molecule has 0 saturated heterocycles. The number of ether oxygens (including phenoxy) is 1. The molecule has 3 nitrogen and oxygen atoms in total. The van der Waals surface area contributed by atoms with Crippen molar-refractivity contribution in [2.24, 2.45) is 0 Å². The topological polar surface area (TPSA) is 47.3 Å². The monoisotopic (exact) mass is 270 g/mol. The number of anilines is 2. The maximum atomic E-state index is 13.5. The van der Waals surface area contributed by atoms with Gasteiger partial charge in [0.25, 0.3) is 0 Å². The molecule has 0 bridgehead atoms. The van der Waals surface area contributed by atoms with Crippen molar-refractivity contribution in [2.45, 2.75) is 24.5 Å². The first-order chi connectivity index (χ1) is 8.60. The Kier molecular flexibility index (Phi) is 3.90. The molecular weight excluding hydrogens is 251 g/mol. The highest BCUT2D eigenvalue weighted by molar-refractivity contribution is 8.00. The van der Waals surface area contributed by atoms with Crippen LogP contribution in [0.15, 0.2) is 12.1 Å². The molecule has 1 aromatic carbocycles. The van der Waals surface area contributed by atoms with Crippen LogP contribution in [-0.2, 0) is 0 Å². The van der Waals surface area contributed by atoms with E-state index in [0.717, 1.165) is 12.2 Å². The fourth-order valence-electron chi connectivity index (χ4n) is 1.84. The first-order valence-electron chi connectivity index (χ1n) is 6.11. The molecule has 1 fully saturated rings. The summed E-state index contributed by atoms with van der Waals surface area (Å²) in [5, 5.41) is 3.30. The zero-order valence-electron chi connectivity index (χ0n) is 10.8. The average Bonchev–Trinajstić information content (AvgIpc) is 3.12. The van der Waals surface area contributed by atoms with E-state index in [0.29, 0.717) is 17.0 Å². The van der Waals surface area contributed by atoms with Crippen molar-refractivity contribution >= 4 is 23.1 Å². The second-order valence-electron chi connectivity index (χ2n) is 4.54. The lowest BCUT2D eigenvalue weighted by Crippen LogP contribution is -2.18. The fraction of sp³-hybridized carbons (Fsp3) is 0.538. The fourth-order valence-corrected chi connectivity index (χ4v) is 2.56. The van der Waals surface area contributed by atoms with E-state index in [1.165, 1.54) is 18.9 Å². The van der Waals surface area contributed by atoms with Gasteiger partial charge in [0.15, 0.2) is 11.6 Å². The Bertz CT molecular complexity index is 435. The van der Waals surface area contributed by atoms with Crippen molar-refractivity contribution < 1.29 is 9.13 Å². The van der Waals surface area contributed by atoms with Gasteiger partial charge in [-0.3, -0.25) is 0 Å². The van der Waals surface area contributed by atoms with E-state index in [-0.39, 0.29) is 5.75 Å². The van der Waals surface area contributed by atoms with E-state index in [1.54, 1.807) is 6.07 Å². The number of hydrogen-bond acceptors (Lipinski definition) is 4. The van der Waals surface area contributed by atoms with Gasteiger partial charge in [0.2, 0.25) is 0 Å². The summed E-state index contributed by atoms with van der Waals surface area (Å²) in [6.07, 6.45) is 4.56. The third-order valence-electron chi connectivity index (χ3n) is 3.25. The van der Waals surface area contributed by atoms with Crippen LogP contribution < -0.4 is 15.8 Å². The third-order valence-corrected chi connectivity index (χ3v) is 4.66. The quantitative estimate of drug-likeness (QED) is 0.780. The lowest BCUT2D eigenvalue weighted by atomic mass is 10.2. The Morgan fingerprint density at radius 2 is 2.22 bits per heavy atom. The van der Waals surface area contributed by atoms with Gasteiger partial charge in [0.05, 0.1) is 18.0 Å². The Labute approximate surface area is 111 Å². The minimum absolute atomic E-state index is 0.253. The third kappa shape index (κ3) is 2.83. The highest BCUT2D eigenvalue weighted by atomic mass is 32.2. The molecule has 0 aromatic heterocycles. The van der Waals surface area contributed by atoms with Crippen molar-refractivity contribution in [3.05, 3.63) is 17.9 Å².